The molecule has 0 aromatic heterocycles. The lowest BCUT2D eigenvalue weighted by Gasteiger charge is -2.10. The van der Waals surface area contributed by atoms with Crippen LogP contribution in [0.4, 0.5) is 5.69 Å². The highest BCUT2D eigenvalue weighted by Gasteiger charge is 1.99. The zero-order valence-corrected chi connectivity index (χ0v) is 13.6. The van der Waals surface area contributed by atoms with Gasteiger partial charge in [-0.2, -0.15) is 0 Å². The Labute approximate surface area is 133 Å². The van der Waals surface area contributed by atoms with Crippen LogP contribution in [0.15, 0.2) is 48.5 Å². The molecule has 0 fully saturated rings. The first kappa shape index (κ1) is 16.2. The van der Waals surface area contributed by atoms with Crippen LogP contribution in [0.5, 0.6) is 11.5 Å². The van der Waals surface area contributed by atoms with Gasteiger partial charge in [0, 0.05) is 12.2 Å². The molecule has 0 amide bonds. The molecule has 0 saturated heterocycles. The molecule has 3 nitrogen and oxygen atoms in total. The fraction of sp³-hybridized carbons (Fsp3) is 0.368. The Morgan fingerprint density at radius 2 is 1.45 bits per heavy atom. The summed E-state index contributed by atoms with van der Waals surface area (Å²) in [6, 6.07) is 16.3. The number of rotatable bonds is 8. The minimum absolute atomic E-state index is 0.551. The van der Waals surface area contributed by atoms with E-state index in [9.17, 15) is 0 Å². The Bertz CT molecular complexity index is 547. The van der Waals surface area contributed by atoms with Gasteiger partial charge in [0.05, 0.1) is 6.61 Å². The minimum atomic E-state index is 0.551. The molecule has 0 spiro atoms. The summed E-state index contributed by atoms with van der Waals surface area (Å²) in [4.78, 5) is 0. The van der Waals surface area contributed by atoms with Crippen molar-refractivity contribution >= 4 is 5.69 Å². The second-order valence-electron chi connectivity index (χ2n) is 5.46. The van der Waals surface area contributed by atoms with Gasteiger partial charge in [0.1, 0.15) is 18.1 Å². The number of hydrogen-bond donors (Lipinski definition) is 1. The SMILES string of the molecule is CCOc1ccc(NCCOc2ccc(C(C)C)cc2)cc1. The van der Waals surface area contributed by atoms with E-state index < -0.39 is 0 Å². The van der Waals surface area contributed by atoms with Crippen LogP contribution < -0.4 is 14.8 Å². The van der Waals surface area contributed by atoms with Crippen LogP contribution in [0.2, 0.25) is 0 Å². The van der Waals surface area contributed by atoms with Crippen molar-refractivity contribution in [2.24, 2.45) is 0 Å². The van der Waals surface area contributed by atoms with Gasteiger partial charge in [-0.15, -0.1) is 0 Å². The third-order valence-electron chi connectivity index (χ3n) is 3.41. The Hall–Kier alpha value is -2.16. The second kappa shape index (κ2) is 8.32. The van der Waals surface area contributed by atoms with Crippen LogP contribution in [-0.2, 0) is 0 Å². The van der Waals surface area contributed by atoms with Crippen molar-refractivity contribution in [2.45, 2.75) is 26.7 Å². The van der Waals surface area contributed by atoms with Crippen LogP contribution in [0, 0.1) is 0 Å². The molecule has 0 aliphatic rings. The first-order valence-corrected chi connectivity index (χ1v) is 7.88. The van der Waals surface area contributed by atoms with Gasteiger partial charge in [0.15, 0.2) is 0 Å². The topological polar surface area (TPSA) is 30.5 Å². The molecule has 2 aromatic carbocycles. The van der Waals surface area contributed by atoms with E-state index in [4.69, 9.17) is 9.47 Å². The molecule has 1 N–H and O–H groups in total. The lowest BCUT2D eigenvalue weighted by atomic mass is 10.0. The van der Waals surface area contributed by atoms with Gasteiger partial charge in [0.2, 0.25) is 0 Å². The van der Waals surface area contributed by atoms with Crippen LogP contribution in [0.25, 0.3) is 0 Å². The Balaban J connectivity index is 1.72. The minimum Gasteiger partial charge on any atom is -0.494 e. The summed E-state index contributed by atoms with van der Waals surface area (Å²) in [6.45, 7) is 8.45. The third-order valence-corrected chi connectivity index (χ3v) is 3.41. The Morgan fingerprint density at radius 3 is 2.05 bits per heavy atom. The van der Waals surface area contributed by atoms with Crippen LogP contribution >= 0.6 is 0 Å². The lowest BCUT2D eigenvalue weighted by molar-refractivity contribution is 0.332. The fourth-order valence-electron chi connectivity index (χ4n) is 2.15. The van der Waals surface area contributed by atoms with Crippen molar-refractivity contribution in [3.63, 3.8) is 0 Å². The normalized spacial score (nSPS) is 10.5. The molecular formula is C19H25NO2. The quantitative estimate of drug-likeness (QED) is 0.717. The molecule has 0 bridgehead atoms. The molecule has 3 heteroatoms. The molecule has 2 rings (SSSR count). The van der Waals surface area contributed by atoms with Crippen LogP contribution in [-0.4, -0.2) is 19.8 Å². The van der Waals surface area contributed by atoms with Crippen molar-refractivity contribution < 1.29 is 9.47 Å². The zero-order valence-electron chi connectivity index (χ0n) is 13.6. The molecule has 0 heterocycles. The molecule has 2 aromatic rings. The van der Waals surface area contributed by atoms with E-state index in [1.54, 1.807) is 0 Å². The molecule has 0 unspecified atom stereocenters. The molecule has 0 saturated carbocycles. The molecule has 0 aliphatic heterocycles. The highest BCUT2D eigenvalue weighted by Crippen LogP contribution is 2.19. The summed E-state index contributed by atoms with van der Waals surface area (Å²) in [6.07, 6.45) is 0. The van der Waals surface area contributed by atoms with Crippen molar-refractivity contribution in [1.29, 1.82) is 0 Å². The number of ether oxygens (including phenoxy) is 2. The van der Waals surface area contributed by atoms with Gasteiger partial charge < -0.3 is 14.8 Å². The largest absolute Gasteiger partial charge is 0.494 e. The molecule has 22 heavy (non-hydrogen) atoms. The van der Waals surface area contributed by atoms with Crippen molar-refractivity contribution in [2.75, 3.05) is 25.1 Å². The predicted octanol–water partition coefficient (Wildman–Crippen LogP) is 4.70. The zero-order chi connectivity index (χ0) is 15.8. The standard InChI is InChI=1S/C19H25NO2/c1-4-21-18-11-7-17(8-12-18)20-13-14-22-19-9-5-16(6-10-19)15(2)3/h5-12,15,20H,4,13-14H2,1-3H3. The average molecular weight is 299 g/mol. The molecule has 118 valence electrons. The van der Waals surface area contributed by atoms with E-state index >= 15 is 0 Å². The van der Waals surface area contributed by atoms with Gasteiger partial charge in [-0.3, -0.25) is 0 Å². The van der Waals surface area contributed by atoms with Gasteiger partial charge in [0.25, 0.3) is 0 Å². The summed E-state index contributed by atoms with van der Waals surface area (Å²) in [5, 5.41) is 3.33. The summed E-state index contributed by atoms with van der Waals surface area (Å²) < 4.78 is 11.2. The Kier molecular flexibility index (Phi) is 6.13. The van der Waals surface area contributed by atoms with Gasteiger partial charge in [-0.05, 0) is 54.8 Å². The highest BCUT2D eigenvalue weighted by molar-refractivity contribution is 5.46. The molecule has 0 atom stereocenters. The molecule has 0 radical (unpaired) electrons. The van der Waals surface area contributed by atoms with E-state index in [0.717, 1.165) is 23.7 Å². The molecular weight excluding hydrogens is 274 g/mol. The van der Waals surface area contributed by atoms with Gasteiger partial charge >= 0.3 is 0 Å². The van der Waals surface area contributed by atoms with E-state index in [2.05, 4.69) is 31.3 Å². The van der Waals surface area contributed by atoms with Gasteiger partial charge in [-0.1, -0.05) is 26.0 Å². The van der Waals surface area contributed by atoms with Gasteiger partial charge in [-0.25, -0.2) is 0 Å². The first-order chi connectivity index (χ1) is 10.7. The lowest BCUT2D eigenvalue weighted by Crippen LogP contribution is -2.11. The van der Waals surface area contributed by atoms with E-state index in [-0.39, 0.29) is 0 Å². The maximum absolute atomic E-state index is 5.74. The van der Waals surface area contributed by atoms with Crippen molar-refractivity contribution in [3.8, 4) is 11.5 Å². The maximum Gasteiger partial charge on any atom is 0.119 e. The summed E-state index contributed by atoms with van der Waals surface area (Å²) in [7, 11) is 0. The monoisotopic (exact) mass is 299 g/mol. The highest BCUT2D eigenvalue weighted by atomic mass is 16.5. The smallest absolute Gasteiger partial charge is 0.119 e. The first-order valence-electron chi connectivity index (χ1n) is 7.88. The number of anilines is 1. The summed E-state index contributed by atoms with van der Waals surface area (Å²) in [5.41, 5.74) is 2.40. The third kappa shape index (κ3) is 4.99. The Morgan fingerprint density at radius 1 is 0.864 bits per heavy atom. The molecule has 0 aliphatic carbocycles. The average Bonchev–Trinajstić information content (AvgIpc) is 2.54. The number of benzene rings is 2. The van der Waals surface area contributed by atoms with Crippen molar-refractivity contribution in [3.05, 3.63) is 54.1 Å². The second-order valence-corrected chi connectivity index (χ2v) is 5.46. The number of hydrogen-bond acceptors (Lipinski definition) is 3. The van der Waals surface area contributed by atoms with Crippen molar-refractivity contribution in [1.82, 2.24) is 0 Å². The predicted molar refractivity (Wildman–Crippen MR) is 92.1 cm³/mol. The summed E-state index contributed by atoms with van der Waals surface area (Å²) in [5.74, 6) is 2.36. The maximum atomic E-state index is 5.74. The summed E-state index contributed by atoms with van der Waals surface area (Å²) >= 11 is 0. The number of nitrogens with one attached hydrogen (secondary N) is 1. The van der Waals surface area contributed by atoms with Crippen LogP contribution in [0.3, 0.4) is 0 Å². The van der Waals surface area contributed by atoms with Crippen LogP contribution in [0.1, 0.15) is 32.3 Å². The van der Waals surface area contributed by atoms with E-state index in [1.165, 1.54) is 5.56 Å². The van der Waals surface area contributed by atoms with E-state index in [1.807, 2.05) is 43.3 Å². The fourth-order valence-corrected chi connectivity index (χ4v) is 2.15. The van der Waals surface area contributed by atoms with E-state index in [0.29, 0.717) is 19.1 Å².